The van der Waals surface area contributed by atoms with Gasteiger partial charge in [0, 0.05) is 7.05 Å². The van der Waals surface area contributed by atoms with E-state index in [1.165, 1.54) is 7.05 Å². The number of nitrogens with zero attached hydrogens (tertiary/aromatic N) is 1. The van der Waals surface area contributed by atoms with Crippen LogP contribution < -0.4 is 4.72 Å². The minimum atomic E-state index is -3.95. The quantitative estimate of drug-likeness (QED) is 0.865. The molecule has 106 valence electrons. The van der Waals surface area contributed by atoms with E-state index in [4.69, 9.17) is 16.7 Å². The number of benzene rings is 1. The highest BCUT2D eigenvalue weighted by Crippen LogP contribution is 2.28. The Hall–Kier alpha value is -1.31. The van der Waals surface area contributed by atoms with E-state index in [-0.39, 0.29) is 10.7 Å². The van der Waals surface area contributed by atoms with E-state index < -0.39 is 22.7 Å². The molecule has 0 aliphatic heterocycles. The number of carboxylic acid groups (broad SMARTS) is 1. The van der Waals surface area contributed by atoms with Crippen molar-refractivity contribution in [3.05, 3.63) is 28.3 Å². The number of carboxylic acids is 1. The van der Waals surface area contributed by atoms with Gasteiger partial charge in [-0.2, -0.15) is 12.7 Å². The third-order valence-electron chi connectivity index (χ3n) is 2.43. The summed E-state index contributed by atoms with van der Waals surface area (Å²) in [5, 5.41) is 8.87. The van der Waals surface area contributed by atoms with Crippen LogP contribution in [0.2, 0.25) is 5.02 Å². The first kappa shape index (κ1) is 15.7. The van der Waals surface area contributed by atoms with Crippen LogP contribution in [0.5, 0.6) is 0 Å². The number of likely N-dealkylation sites (N-methyl/N-ethyl adjacent to an activating group) is 1. The topological polar surface area (TPSA) is 86.7 Å². The molecule has 0 unspecified atom stereocenters. The smallest absolute Gasteiger partial charge is 0.318 e. The van der Waals surface area contributed by atoms with E-state index in [1.54, 1.807) is 19.1 Å². The average molecular weight is 307 g/mol. The van der Waals surface area contributed by atoms with Gasteiger partial charge in [-0.3, -0.25) is 9.52 Å². The van der Waals surface area contributed by atoms with Crippen LogP contribution in [0.4, 0.5) is 5.69 Å². The number of hydrogen-bond acceptors (Lipinski definition) is 3. The standard InChI is InChI=1S/C11H15ClN2O4S/c1-7-4-8(2)11(9(12)5-7)13-19(17,18)14(3)6-10(15)16/h4-5,13H,6H2,1-3H3,(H,15,16). The minimum absolute atomic E-state index is 0.254. The zero-order valence-electron chi connectivity index (χ0n) is 10.8. The van der Waals surface area contributed by atoms with Crippen molar-refractivity contribution in [2.24, 2.45) is 0 Å². The van der Waals surface area contributed by atoms with Crippen molar-refractivity contribution in [1.82, 2.24) is 4.31 Å². The van der Waals surface area contributed by atoms with Gasteiger partial charge in [0.1, 0.15) is 6.54 Å². The molecule has 19 heavy (non-hydrogen) atoms. The largest absolute Gasteiger partial charge is 0.480 e. The van der Waals surface area contributed by atoms with Crippen LogP contribution in [-0.2, 0) is 15.0 Å². The monoisotopic (exact) mass is 306 g/mol. The van der Waals surface area contributed by atoms with E-state index >= 15 is 0 Å². The highest BCUT2D eigenvalue weighted by Gasteiger charge is 2.22. The number of hydrogen-bond donors (Lipinski definition) is 2. The maximum Gasteiger partial charge on any atom is 0.318 e. The second kappa shape index (κ2) is 5.77. The van der Waals surface area contributed by atoms with Gasteiger partial charge in [-0.15, -0.1) is 0 Å². The molecule has 0 fully saturated rings. The number of aliphatic carboxylic acids is 1. The zero-order chi connectivity index (χ0) is 14.8. The van der Waals surface area contributed by atoms with Gasteiger partial charge >= 0.3 is 16.2 Å². The van der Waals surface area contributed by atoms with Crippen molar-refractivity contribution in [3.8, 4) is 0 Å². The van der Waals surface area contributed by atoms with Crippen LogP contribution in [0.3, 0.4) is 0 Å². The molecule has 0 saturated heterocycles. The molecule has 0 aliphatic carbocycles. The maximum absolute atomic E-state index is 11.9. The fourth-order valence-electron chi connectivity index (χ4n) is 1.53. The molecule has 0 amide bonds. The molecule has 8 heteroatoms. The number of rotatable bonds is 5. The van der Waals surface area contributed by atoms with Crippen LogP contribution in [0.25, 0.3) is 0 Å². The Balaban J connectivity index is 3.05. The lowest BCUT2D eigenvalue weighted by Crippen LogP contribution is -2.36. The van der Waals surface area contributed by atoms with Crippen molar-refractivity contribution in [2.75, 3.05) is 18.3 Å². The SMILES string of the molecule is Cc1cc(C)c(NS(=O)(=O)N(C)CC(=O)O)c(Cl)c1. The normalized spacial score (nSPS) is 11.6. The van der Waals surface area contributed by atoms with Crippen LogP contribution in [-0.4, -0.2) is 37.4 Å². The second-order valence-corrected chi connectivity index (χ2v) is 6.38. The molecule has 0 aromatic heterocycles. The molecule has 1 rings (SSSR count). The van der Waals surface area contributed by atoms with Gasteiger partial charge in [-0.05, 0) is 31.0 Å². The van der Waals surface area contributed by atoms with Gasteiger partial charge in [-0.25, -0.2) is 0 Å². The molecule has 0 aliphatic rings. The van der Waals surface area contributed by atoms with Gasteiger partial charge in [0.25, 0.3) is 0 Å². The fraction of sp³-hybridized carbons (Fsp3) is 0.364. The number of halogens is 1. The fourth-order valence-corrected chi connectivity index (χ4v) is 2.92. The van der Waals surface area contributed by atoms with Crippen molar-refractivity contribution in [1.29, 1.82) is 0 Å². The van der Waals surface area contributed by atoms with E-state index in [1.807, 2.05) is 6.92 Å². The summed E-state index contributed by atoms with van der Waals surface area (Å²) >= 11 is 5.99. The first-order valence-electron chi connectivity index (χ1n) is 5.36. The van der Waals surface area contributed by atoms with Crippen molar-refractivity contribution in [3.63, 3.8) is 0 Å². The molecule has 1 aromatic rings. The summed E-state index contributed by atoms with van der Waals surface area (Å²) < 4.78 is 26.8. The van der Waals surface area contributed by atoms with E-state index in [0.29, 0.717) is 9.87 Å². The first-order chi connectivity index (χ1) is 8.63. The Morgan fingerprint density at radius 3 is 2.47 bits per heavy atom. The summed E-state index contributed by atoms with van der Waals surface area (Å²) in [4.78, 5) is 10.5. The van der Waals surface area contributed by atoms with E-state index in [9.17, 15) is 13.2 Å². The Labute approximate surface area is 117 Å². The molecule has 0 heterocycles. The molecular formula is C11H15ClN2O4S. The van der Waals surface area contributed by atoms with Gasteiger partial charge in [0.15, 0.2) is 0 Å². The number of nitrogens with one attached hydrogen (secondary N) is 1. The average Bonchev–Trinajstić information content (AvgIpc) is 2.22. The Morgan fingerprint density at radius 1 is 1.42 bits per heavy atom. The summed E-state index contributed by atoms with van der Waals surface area (Å²) in [6.45, 7) is 2.93. The summed E-state index contributed by atoms with van der Waals surface area (Å²) in [5.74, 6) is -1.24. The molecule has 2 N–H and O–H groups in total. The molecule has 0 atom stereocenters. The molecule has 1 aromatic carbocycles. The van der Waals surface area contributed by atoms with Crippen molar-refractivity contribution in [2.45, 2.75) is 13.8 Å². The van der Waals surface area contributed by atoms with Crippen LogP contribution in [0.1, 0.15) is 11.1 Å². The van der Waals surface area contributed by atoms with Crippen molar-refractivity contribution >= 4 is 33.5 Å². The van der Waals surface area contributed by atoms with Gasteiger partial charge in [0.2, 0.25) is 0 Å². The van der Waals surface area contributed by atoms with E-state index in [0.717, 1.165) is 5.56 Å². The lowest BCUT2D eigenvalue weighted by molar-refractivity contribution is -0.137. The molecule has 6 nitrogen and oxygen atoms in total. The maximum atomic E-state index is 11.9. The molecule has 0 radical (unpaired) electrons. The third kappa shape index (κ3) is 4.09. The van der Waals surface area contributed by atoms with Crippen molar-refractivity contribution < 1.29 is 18.3 Å². The molecule has 0 saturated carbocycles. The van der Waals surface area contributed by atoms with Gasteiger partial charge in [0.05, 0.1) is 10.7 Å². The number of aryl methyl sites for hydroxylation is 2. The first-order valence-corrected chi connectivity index (χ1v) is 7.18. The Morgan fingerprint density at radius 2 is 2.00 bits per heavy atom. The highest BCUT2D eigenvalue weighted by atomic mass is 35.5. The summed E-state index contributed by atoms with van der Waals surface area (Å²) in [6, 6.07) is 3.41. The minimum Gasteiger partial charge on any atom is -0.480 e. The van der Waals surface area contributed by atoms with Crippen LogP contribution in [0, 0.1) is 13.8 Å². The van der Waals surface area contributed by atoms with Crippen LogP contribution in [0.15, 0.2) is 12.1 Å². The summed E-state index contributed by atoms with van der Waals surface area (Å²) in [7, 11) is -2.77. The van der Waals surface area contributed by atoms with Gasteiger partial charge < -0.3 is 5.11 Å². The summed E-state index contributed by atoms with van der Waals surface area (Å²) in [6.07, 6.45) is 0. The lowest BCUT2D eigenvalue weighted by Gasteiger charge is -2.18. The van der Waals surface area contributed by atoms with Gasteiger partial charge in [-0.1, -0.05) is 17.7 Å². The molecule has 0 spiro atoms. The Bertz CT molecular complexity index is 578. The van der Waals surface area contributed by atoms with Crippen LogP contribution >= 0.6 is 11.6 Å². The third-order valence-corrected chi connectivity index (χ3v) is 4.14. The Kier molecular flexibility index (Phi) is 4.78. The lowest BCUT2D eigenvalue weighted by atomic mass is 10.1. The van der Waals surface area contributed by atoms with E-state index in [2.05, 4.69) is 4.72 Å². The molecule has 0 bridgehead atoms. The molecular weight excluding hydrogens is 292 g/mol. The number of anilines is 1. The number of carbonyl (C=O) groups is 1. The second-order valence-electron chi connectivity index (χ2n) is 4.20. The zero-order valence-corrected chi connectivity index (χ0v) is 12.3. The predicted octanol–water partition coefficient (Wildman–Crippen LogP) is 1.63. The highest BCUT2D eigenvalue weighted by molar-refractivity contribution is 7.90. The summed E-state index contributed by atoms with van der Waals surface area (Å²) in [5.41, 5.74) is 1.83. The predicted molar refractivity (Wildman–Crippen MR) is 73.7 cm³/mol.